The zero-order valence-electron chi connectivity index (χ0n) is 9.87. The van der Waals surface area contributed by atoms with Crippen LogP contribution in [0.15, 0.2) is 36.4 Å². The fourth-order valence-corrected chi connectivity index (χ4v) is 1.81. The molecule has 0 saturated carbocycles. The van der Waals surface area contributed by atoms with Gasteiger partial charge in [0.2, 0.25) is 0 Å². The molecule has 1 aliphatic heterocycles. The Bertz CT molecular complexity index is 509. The van der Waals surface area contributed by atoms with E-state index in [1.54, 1.807) is 25.1 Å². The normalized spacial score (nSPS) is 18.6. The number of para-hydroxylation sites is 2. The number of anilines is 1. The molecule has 1 aromatic carbocycles. The third-order valence-corrected chi connectivity index (χ3v) is 2.62. The highest BCUT2D eigenvalue weighted by atomic mass is 16.5. The summed E-state index contributed by atoms with van der Waals surface area (Å²) in [6, 6.07) is 7.19. The van der Waals surface area contributed by atoms with Gasteiger partial charge in [0, 0.05) is 12.6 Å². The lowest BCUT2D eigenvalue weighted by Crippen LogP contribution is -2.44. The summed E-state index contributed by atoms with van der Waals surface area (Å²) in [4.78, 5) is 23.9. The third kappa shape index (κ3) is 2.34. The molecule has 1 N–H and O–H groups in total. The van der Waals surface area contributed by atoms with Crippen molar-refractivity contribution in [1.29, 1.82) is 0 Å². The molecular formula is C13H13NO4. The van der Waals surface area contributed by atoms with Crippen LogP contribution < -0.4 is 9.64 Å². The van der Waals surface area contributed by atoms with Gasteiger partial charge in [-0.05, 0) is 19.1 Å². The van der Waals surface area contributed by atoms with E-state index in [-0.39, 0.29) is 12.5 Å². The van der Waals surface area contributed by atoms with Gasteiger partial charge < -0.3 is 14.7 Å². The second-order valence-electron chi connectivity index (χ2n) is 3.92. The maximum absolute atomic E-state index is 12.0. The number of nitrogens with zero attached hydrogens (tertiary/aromatic N) is 1. The number of amides is 1. The molecule has 1 atom stereocenters. The molecule has 1 amide bonds. The standard InChI is InChI=1S/C13H13NO4/c1-9-13(17)14(8-4-7-12(15)16)10-5-2-3-6-11(10)18-9/h2-7,9H,8H2,1H3,(H,15,16). The zero-order valence-corrected chi connectivity index (χ0v) is 9.87. The molecule has 0 aromatic heterocycles. The van der Waals surface area contributed by atoms with Gasteiger partial charge in [-0.2, -0.15) is 0 Å². The Morgan fingerprint density at radius 1 is 1.50 bits per heavy atom. The van der Waals surface area contributed by atoms with E-state index in [1.807, 2.05) is 6.07 Å². The van der Waals surface area contributed by atoms with Crippen LogP contribution in [0.25, 0.3) is 0 Å². The van der Waals surface area contributed by atoms with Gasteiger partial charge in [-0.1, -0.05) is 18.2 Å². The average Bonchev–Trinajstić information content (AvgIpc) is 2.33. The lowest BCUT2D eigenvalue weighted by atomic mass is 10.2. The highest BCUT2D eigenvalue weighted by Crippen LogP contribution is 2.33. The molecule has 0 saturated heterocycles. The summed E-state index contributed by atoms with van der Waals surface area (Å²) in [5.74, 6) is -0.575. The van der Waals surface area contributed by atoms with E-state index in [1.165, 1.54) is 11.0 Å². The second-order valence-corrected chi connectivity index (χ2v) is 3.92. The molecule has 0 aliphatic carbocycles. The fraction of sp³-hybridized carbons (Fsp3) is 0.231. The molecular weight excluding hydrogens is 234 g/mol. The number of benzene rings is 1. The summed E-state index contributed by atoms with van der Waals surface area (Å²) in [6.45, 7) is 1.89. The number of carbonyl (C=O) groups excluding carboxylic acids is 1. The van der Waals surface area contributed by atoms with Crippen molar-refractivity contribution in [2.24, 2.45) is 0 Å². The first kappa shape index (κ1) is 12.2. The third-order valence-electron chi connectivity index (χ3n) is 2.62. The molecule has 5 heteroatoms. The summed E-state index contributed by atoms with van der Waals surface area (Å²) < 4.78 is 5.47. The predicted octanol–water partition coefficient (Wildman–Crippen LogP) is 1.44. The van der Waals surface area contributed by atoms with Crippen molar-refractivity contribution in [3.8, 4) is 5.75 Å². The monoisotopic (exact) mass is 247 g/mol. The minimum absolute atomic E-state index is 0.177. The van der Waals surface area contributed by atoms with E-state index < -0.39 is 12.1 Å². The van der Waals surface area contributed by atoms with Crippen LogP contribution in [0.3, 0.4) is 0 Å². The molecule has 1 aromatic rings. The summed E-state index contributed by atoms with van der Waals surface area (Å²) in [5, 5.41) is 8.54. The Kier molecular flexibility index (Phi) is 3.32. The summed E-state index contributed by atoms with van der Waals surface area (Å²) in [6.07, 6.45) is 1.91. The SMILES string of the molecule is CC1Oc2ccccc2N(CC=CC(=O)O)C1=O. The summed E-state index contributed by atoms with van der Waals surface area (Å²) in [5.41, 5.74) is 0.663. The van der Waals surface area contributed by atoms with Crippen molar-refractivity contribution < 1.29 is 19.4 Å². The van der Waals surface area contributed by atoms with Gasteiger partial charge in [0.05, 0.1) is 5.69 Å². The largest absolute Gasteiger partial charge is 0.479 e. The van der Waals surface area contributed by atoms with Crippen molar-refractivity contribution in [2.45, 2.75) is 13.0 Å². The maximum atomic E-state index is 12.0. The van der Waals surface area contributed by atoms with Gasteiger partial charge in [-0.25, -0.2) is 4.79 Å². The van der Waals surface area contributed by atoms with Crippen LogP contribution in [-0.4, -0.2) is 29.6 Å². The Morgan fingerprint density at radius 2 is 2.22 bits per heavy atom. The minimum atomic E-state index is -1.03. The minimum Gasteiger partial charge on any atom is -0.479 e. The number of carboxylic acid groups (broad SMARTS) is 1. The van der Waals surface area contributed by atoms with E-state index in [0.717, 1.165) is 6.08 Å². The van der Waals surface area contributed by atoms with Crippen molar-refractivity contribution in [3.63, 3.8) is 0 Å². The first-order valence-electron chi connectivity index (χ1n) is 5.56. The van der Waals surface area contributed by atoms with Crippen LogP contribution >= 0.6 is 0 Å². The van der Waals surface area contributed by atoms with Crippen LogP contribution in [0.1, 0.15) is 6.92 Å². The Labute approximate surface area is 104 Å². The highest BCUT2D eigenvalue weighted by molar-refractivity contribution is 6.00. The zero-order chi connectivity index (χ0) is 13.1. The summed E-state index contributed by atoms with van der Waals surface area (Å²) >= 11 is 0. The predicted molar refractivity (Wildman–Crippen MR) is 65.7 cm³/mol. The number of aliphatic carboxylic acids is 1. The number of hydrogen-bond donors (Lipinski definition) is 1. The van der Waals surface area contributed by atoms with Crippen LogP contribution in [-0.2, 0) is 9.59 Å². The van der Waals surface area contributed by atoms with Gasteiger partial charge in [-0.3, -0.25) is 4.79 Å². The van der Waals surface area contributed by atoms with E-state index >= 15 is 0 Å². The number of carboxylic acids is 1. The molecule has 18 heavy (non-hydrogen) atoms. The molecule has 0 bridgehead atoms. The van der Waals surface area contributed by atoms with Crippen LogP contribution in [0.4, 0.5) is 5.69 Å². The van der Waals surface area contributed by atoms with E-state index in [2.05, 4.69) is 0 Å². The number of ether oxygens (including phenoxy) is 1. The van der Waals surface area contributed by atoms with Crippen molar-refractivity contribution in [1.82, 2.24) is 0 Å². The molecule has 0 spiro atoms. The van der Waals surface area contributed by atoms with E-state index in [4.69, 9.17) is 9.84 Å². The van der Waals surface area contributed by atoms with E-state index in [0.29, 0.717) is 11.4 Å². The lowest BCUT2D eigenvalue weighted by molar-refractivity contribution is -0.131. The fourth-order valence-electron chi connectivity index (χ4n) is 1.81. The molecule has 1 heterocycles. The Hall–Kier alpha value is -2.30. The molecule has 2 rings (SSSR count). The van der Waals surface area contributed by atoms with Gasteiger partial charge in [0.15, 0.2) is 6.10 Å². The van der Waals surface area contributed by atoms with Crippen molar-refractivity contribution in [3.05, 3.63) is 36.4 Å². The van der Waals surface area contributed by atoms with E-state index in [9.17, 15) is 9.59 Å². The summed E-state index contributed by atoms with van der Waals surface area (Å²) in [7, 11) is 0. The van der Waals surface area contributed by atoms with Gasteiger partial charge >= 0.3 is 5.97 Å². The molecule has 0 radical (unpaired) electrons. The van der Waals surface area contributed by atoms with Crippen LogP contribution in [0.5, 0.6) is 5.75 Å². The van der Waals surface area contributed by atoms with Crippen LogP contribution in [0.2, 0.25) is 0 Å². The smallest absolute Gasteiger partial charge is 0.328 e. The van der Waals surface area contributed by atoms with Gasteiger partial charge in [0.25, 0.3) is 5.91 Å². The van der Waals surface area contributed by atoms with Crippen molar-refractivity contribution >= 4 is 17.6 Å². The van der Waals surface area contributed by atoms with Crippen LogP contribution in [0, 0.1) is 0 Å². The van der Waals surface area contributed by atoms with Gasteiger partial charge in [0.1, 0.15) is 5.75 Å². The molecule has 0 fully saturated rings. The number of carbonyl (C=O) groups is 2. The Morgan fingerprint density at radius 3 is 2.94 bits per heavy atom. The molecule has 5 nitrogen and oxygen atoms in total. The topological polar surface area (TPSA) is 66.8 Å². The highest BCUT2D eigenvalue weighted by Gasteiger charge is 2.30. The first-order chi connectivity index (χ1) is 8.59. The van der Waals surface area contributed by atoms with Crippen molar-refractivity contribution in [2.75, 3.05) is 11.4 Å². The van der Waals surface area contributed by atoms with Gasteiger partial charge in [-0.15, -0.1) is 0 Å². The maximum Gasteiger partial charge on any atom is 0.328 e. The first-order valence-corrected chi connectivity index (χ1v) is 5.56. The number of fused-ring (bicyclic) bond motifs is 1. The number of hydrogen-bond acceptors (Lipinski definition) is 3. The quantitative estimate of drug-likeness (QED) is 0.821. The molecule has 1 unspecified atom stereocenters. The molecule has 1 aliphatic rings. The average molecular weight is 247 g/mol. The molecule has 94 valence electrons. The number of rotatable bonds is 3. The lowest BCUT2D eigenvalue weighted by Gasteiger charge is -2.32. The Balaban J connectivity index is 2.27. The second kappa shape index (κ2) is 4.91.